The van der Waals surface area contributed by atoms with Crippen LogP contribution in [0.4, 0.5) is 0 Å². The number of aromatic nitrogens is 4. The Labute approximate surface area is 157 Å². The van der Waals surface area contributed by atoms with E-state index in [1.807, 2.05) is 48.0 Å². The lowest BCUT2D eigenvalue weighted by atomic mass is 10.2. The summed E-state index contributed by atoms with van der Waals surface area (Å²) >= 11 is 0. The average Bonchev–Trinajstić information content (AvgIpc) is 3.23. The highest BCUT2D eigenvalue weighted by molar-refractivity contribution is 5.94. The number of fused-ring (bicyclic) bond motifs is 1. The predicted octanol–water partition coefficient (Wildman–Crippen LogP) is 2.04. The average molecular weight is 373 g/mol. The molecule has 1 aromatic carbocycles. The van der Waals surface area contributed by atoms with Crippen LogP contribution < -0.4 is 10.6 Å². The number of hydrogen-bond acceptors (Lipinski definition) is 4. The van der Waals surface area contributed by atoms with Crippen LogP contribution in [-0.4, -0.2) is 32.2 Å². The highest BCUT2D eigenvalue weighted by Gasteiger charge is 2.17. The molecule has 8 heteroatoms. The van der Waals surface area contributed by atoms with Gasteiger partial charge in [-0.3, -0.25) is 9.48 Å². The normalized spacial score (nSPS) is 13.0. The van der Waals surface area contributed by atoms with Gasteiger partial charge in [0.2, 0.25) is 0 Å². The predicted molar refractivity (Wildman–Crippen MR) is 101 cm³/mol. The number of rotatable bonds is 4. The van der Waals surface area contributed by atoms with E-state index in [1.54, 1.807) is 0 Å². The number of H-pyrrole nitrogens is 1. The number of aromatic amines is 1. The number of benzene rings is 1. The summed E-state index contributed by atoms with van der Waals surface area (Å²) in [5, 5.41) is 10.7. The van der Waals surface area contributed by atoms with Crippen molar-refractivity contribution in [1.29, 1.82) is 0 Å². The monoisotopic (exact) mass is 372 g/mol. The Kier molecular flexibility index (Phi) is 5.39. The maximum absolute atomic E-state index is 12.5. The lowest BCUT2D eigenvalue weighted by Crippen LogP contribution is -2.28. The molecule has 1 amide bonds. The van der Waals surface area contributed by atoms with Crippen molar-refractivity contribution in [3.63, 3.8) is 0 Å². The maximum Gasteiger partial charge on any atom is 0.272 e. The van der Waals surface area contributed by atoms with Gasteiger partial charge in [-0.25, -0.2) is 4.98 Å². The van der Waals surface area contributed by atoms with Crippen LogP contribution in [0.1, 0.15) is 27.6 Å². The van der Waals surface area contributed by atoms with Crippen LogP contribution in [-0.2, 0) is 19.6 Å². The van der Waals surface area contributed by atoms with Crippen molar-refractivity contribution < 1.29 is 4.79 Å². The molecule has 1 aliphatic rings. The summed E-state index contributed by atoms with van der Waals surface area (Å²) < 4.78 is 1.99. The van der Waals surface area contributed by atoms with E-state index in [0.29, 0.717) is 18.1 Å². The van der Waals surface area contributed by atoms with Gasteiger partial charge >= 0.3 is 0 Å². The standard InChI is InChI=1S/C18H20N6O.ClH/c1-12-16(22-17(21-12)13-5-3-2-4-6-13)18(25)20-10-14-9-15-11-19-7-8-24(15)23-14;/h2-6,9,19H,7-8,10-11H2,1H3,(H,20,25)(H,21,22);1H. The number of carbonyl (C=O) groups excluding carboxylic acids is 1. The molecule has 0 saturated carbocycles. The smallest absolute Gasteiger partial charge is 0.272 e. The minimum absolute atomic E-state index is 0. The first-order valence-electron chi connectivity index (χ1n) is 8.37. The summed E-state index contributed by atoms with van der Waals surface area (Å²) in [7, 11) is 0. The molecule has 136 valence electrons. The molecule has 0 spiro atoms. The highest BCUT2D eigenvalue weighted by Crippen LogP contribution is 2.17. The van der Waals surface area contributed by atoms with Gasteiger partial charge in [0.05, 0.1) is 24.5 Å². The molecule has 0 atom stereocenters. The highest BCUT2D eigenvalue weighted by atomic mass is 35.5. The van der Waals surface area contributed by atoms with E-state index in [9.17, 15) is 4.79 Å². The zero-order valence-corrected chi connectivity index (χ0v) is 15.3. The Morgan fingerprint density at radius 1 is 1.31 bits per heavy atom. The fraction of sp³-hybridized carbons (Fsp3) is 0.278. The summed E-state index contributed by atoms with van der Waals surface area (Å²) in [6.07, 6.45) is 0. The number of hydrogen-bond donors (Lipinski definition) is 3. The second-order valence-electron chi connectivity index (χ2n) is 6.13. The Morgan fingerprint density at radius 3 is 2.88 bits per heavy atom. The third-order valence-electron chi connectivity index (χ3n) is 4.30. The second kappa shape index (κ2) is 7.72. The first-order valence-corrected chi connectivity index (χ1v) is 8.37. The number of halogens is 1. The Hall–Kier alpha value is -2.64. The summed E-state index contributed by atoms with van der Waals surface area (Å²) in [6.45, 7) is 4.86. The van der Waals surface area contributed by atoms with E-state index >= 15 is 0 Å². The molecule has 0 bridgehead atoms. The zero-order chi connectivity index (χ0) is 17.2. The summed E-state index contributed by atoms with van der Waals surface area (Å²) in [5.74, 6) is 0.506. The first kappa shape index (κ1) is 18.2. The molecule has 4 rings (SSSR count). The van der Waals surface area contributed by atoms with Crippen LogP contribution >= 0.6 is 12.4 Å². The van der Waals surface area contributed by atoms with Gasteiger partial charge in [-0.2, -0.15) is 5.10 Å². The quantitative estimate of drug-likeness (QED) is 0.654. The molecule has 1 aliphatic heterocycles. The van der Waals surface area contributed by atoms with Crippen LogP contribution in [0.3, 0.4) is 0 Å². The fourth-order valence-corrected chi connectivity index (χ4v) is 3.01. The molecule has 0 aliphatic carbocycles. The number of amides is 1. The molecular weight excluding hydrogens is 352 g/mol. The Balaban J connectivity index is 0.00000196. The number of imidazole rings is 1. The van der Waals surface area contributed by atoms with E-state index < -0.39 is 0 Å². The largest absolute Gasteiger partial charge is 0.345 e. The molecule has 0 fully saturated rings. The molecule has 3 N–H and O–H groups in total. The van der Waals surface area contributed by atoms with Crippen molar-refractivity contribution in [2.24, 2.45) is 0 Å². The molecule has 2 aromatic heterocycles. The minimum atomic E-state index is -0.194. The summed E-state index contributed by atoms with van der Waals surface area (Å²) in [6, 6.07) is 11.8. The lowest BCUT2D eigenvalue weighted by molar-refractivity contribution is 0.0945. The van der Waals surface area contributed by atoms with Gasteiger partial charge in [-0.15, -0.1) is 12.4 Å². The first-order chi connectivity index (χ1) is 12.2. The molecule has 26 heavy (non-hydrogen) atoms. The molecule has 0 unspecified atom stereocenters. The van der Waals surface area contributed by atoms with Crippen LogP contribution in [0.15, 0.2) is 36.4 Å². The van der Waals surface area contributed by atoms with E-state index in [1.165, 1.54) is 0 Å². The van der Waals surface area contributed by atoms with Crippen LogP contribution in [0.2, 0.25) is 0 Å². The zero-order valence-electron chi connectivity index (χ0n) is 14.5. The molecule has 0 saturated heterocycles. The third kappa shape index (κ3) is 3.63. The number of nitrogens with zero attached hydrogens (tertiary/aromatic N) is 3. The topological polar surface area (TPSA) is 87.6 Å². The van der Waals surface area contributed by atoms with E-state index in [0.717, 1.165) is 42.3 Å². The van der Waals surface area contributed by atoms with Crippen LogP contribution in [0.5, 0.6) is 0 Å². The van der Waals surface area contributed by atoms with Crippen LogP contribution in [0, 0.1) is 6.92 Å². The minimum Gasteiger partial charge on any atom is -0.345 e. The van der Waals surface area contributed by atoms with Crippen molar-refractivity contribution in [1.82, 2.24) is 30.4 Å². The maximum atomic E-state index is 12.5. The van der Waals surface area contributed by atoms with Gasteiger partial charge in [0.15, 0.2) is 0 Å². The van der Waals surface area contributed by atoms with E-state index in [4.69, 9.17) is 0 Å². The summed E-state index contributed by atoms with van der Waals surface area (Å²) in [4.78, 5) is 20.1. The number of aryl methyl sites for hydroxylation is 1. The van der Waals surface area contributed by atoms with Crippen molar-refractivity contribution in [2.75, 3.05) is 6.54 Å². The third-order valence-corrected chi connectivity index (χ3v) is 4.30. The molecule has 0 radical (unpaired) electrons. The van der Waals surface area contributed by atoms with Crippen molar-refractivity contribution in [3.8, 4) is 11.4 Å². The Bertz CT molecular complexity index is 878. The van der Waals surface area contributed by atoms with E-state index in [-0.39, 0.29) is 18.3 Å². The fourth-order valence-electron chi connectivity index (χ4n) is 3.01. The SMILES string of the molecule is Cc1[nH]c(-c2ccccc2)nc1C(=O)NCc1cc2n(n1)CCNC2.Cl. The van der Waals surface area contributed by atoms with Crippen molar-refractivity contribution in [2.45, 2.75) is 26.6 Å². The van der Waals surface area contributed by atoms with Gasteiger partial charge in [-0.05, 0) is 13.0 Å². The second-order valence-corrected chi connectivity index (χ2v) is 6.13. The lowest BCUT2D eigenvalue weighted by Gasteiger charge is -2.13. The Morgan fingerprint density at radius 2 is 2.12 bits per heavy atom. The van der Waals surface area contributed by atoms with E-state index in [2.05, 4.69) is 25.7 Å². The van der Waals surface area contributed by atoms with Gasteiger partial charge in [0, 0.05) is 24.3 Å². The number of nitrogens with one attached hydrogen (secondary N) is 3. The molecule has 3 aromatic rings. The molecular formula is C18H21ClN6O. The van der Waals surface area contributed by atoms with Gasteiger partial charge in [-0.1, -0.05) is 30.3 Å². The number of carbonyl (C=O) groups is 1. The van der Waals surface area contributed by atoms with Gasteiger partial charge in [0.25, 0.3) is 5.91 Å². The van der Waals surface area contributed by atoms with Gasteiger partial charge in [0.1, 0.15) is 11.5 Å². The van der Waals surface area contributed by atoms with Crippen molar-refractivity contribution >= 4 is 18.3 Å². The van der Waals surface area contributed by atoms with Crippen LogP contribution in [0.25, 0.3) is 11.4 Å². The van der Waals surface area contributed by atoms with Crippen molar-refractivity contribution in [3.05, 3.63) is 59.2 Å². The molecule has 3 heterocycles. The molecule has 7 nitrogen and oxygen atoms in total. The van der Waals surface area contributed by atoms with Gasteiger partial charge < -0.3 is 15.6 Å². The summed E-state index contributed by atoms with van der Waals surface area (Å²) in [5.41, 5.74) is 4.15.